The molecule has 0 radical (unpaired) electrons. The van der Waals surface area contributed by atoms with Gasteiger partial charge >= 0.3 is 0 Å². The molecule has 0 N–H and O–H groups in total. The fourth-order valence-corrected chi connectivity index (χ4v) is 1.42. The first kappa shape index (κ1) is 12.4. The van der Waals surface area contributed by atoms with E-state index in [1.807, 2.05) is 32.0 Å². The molecule has 0 aromatic heterocycles. The first-order chi connectivity index (χ1) is 7.67. The molecule has 0 aliphatic heterocycles. The molecule has 0 atom stereocenters. The van der Waals surface area contributed by atoms with Gasteiger partial charge in [-0.1, -0.05) is 6.07 Å². The number of nitriles is 1. The van der Waals surface area contributed by atoms with Crippen LogP contribution in [0.15, 0.2) is 18.2 Å². The standard InChI is InChI=1S/C13H17NO2/c1-10(2)16-13-9-11(5-4-8-14)6-7-12(13)15-3/h6-7,9-10H,4-5H2,1-3H3. The quantitative estimate of drug-likeness (QED) is 0.764. The molecule has 0 aliphatic rings. The van der Waals surface area contributed by atoms with E-state index < -0.39 is 0 Å². The highest BCUT2D eigenvalue weighted by molar-refractivity contribution is 5.43. The molecule has 0 spiro atoms. The van der Waals surface area contributed by atoms with E-state index in [9.17, 15) is 0 Å². The van der Waals surface area contributed by atoms with Crippen LogP contribution in [0.4, 0.5) is 0 Å². The average molecular weight is 219 g/mol. The Morgan fingerprint density at radius 3 is 2.62 bits per heavy atom. The summed E-state index contributed by atoms with van der Waals surface area (Å²) in [5.41, 5.74) is 1.10. The predicted octanol–water partition coefficient (Wildman–Crippen LogP) is 2.94. The molecule has 0 aliphatic carbocycles. The molecule has 0 bridgehead atoms. The lowest BCUT2D eigenvalue weighted by molar-refractivity contribution is 0.230. The Balaban J connectivity index is 2.88. The smallest absolute Gasteiger partial charge is 0.161 e. The zero-order chi connectivity index (χ0) is 12.0. The minimum absolute atomic E-state index is 0.111. The molecule has 1 aromatic rings. The number of rotatable bonds is 5. The number of methoxy groups -OCH3 is 1. The normalized spacial score (nSPS) is 9.94. The molecule has 0 fully saturated rings. The van der Waals surface area contributed by atoms with E-state index in [4.69, 9.17) is 14.7 Å². The molecule has 0 saturated heterocycles. The van der Waals surface area contributed by atoms with E-state index in [0.29, 0.717) is 6.42 Å². The molecule has 86 valence electrons. The van der Waals surface area contributed by atoms with Crippen molar-refractivity contribution in [3.05, 3.63) is 23.8 Å². The van der Waals surface area contributed by atoms with E-state index in [0.717, 1.165) is 23.5 Å². The van der Waals surface area contributed by atoms with Gasteiger partial charge in [-0.2, -0.15) is 5.26 Å². The first-order valence-electron chi connectivity index (χ1n) is 5.38. The van der Waals surface area contributed by atoms with Crippen LogP contribution in [0.25, 0.3) is 0 Å². The summed E-state index contributed by atoms with van der Waals surface area (Å²) < 4.78 is 10.9. The second-order valence-electron chi connectivity index (χ2n) is 3.81. The second kappa shape index (κ2) is 6.02. The minimum atomic E-state index is 0.111. The summed E-state index contributed by atoms with van der Waals surface area (Å²) in [6.45, 7) is 3.95. The van der Waals surface area contributed by atoms with E-state index in [1.54, 1.807) is 7.11 Å². The van der Waals surface area contributed by atoms with Gasteiger partial charge in [-0.25, -0.2) is 0 Å². The van der Waals surface area contributed by atoms with Crippen molar-refractivity contribution >= 4 is 0 Å². The van der Waals surface area contributed by atoms with Crippen LogP contribution in [-0.2, 0) is 6.42 Å². The summed E-state index contributed by atoms with van der Waals surface area (Å²) in [5.74, 6) is 1.47. The third kappa shape index (κ3) is 3.47. The van der Waals surface area contributed by atoms with E-state index >= 15 is 0 Å². The van der Waals surface area contributed by atoms with Gasteiger partial charge in [-0.05, 0) is 38.0 Å². The van der Waals surface area contributed by atoms with Crippen molar-refractivity contribution in [3.8, 4) is 17.6 Å². The number of benzene rings is 1. The van der Waals surface area contributed by atoms with E-state index in [-0.39, 0.29) is 6.10 Å². The van der Waals surface area contributed by atoms with Gasteiger partial charge in [0.2, 0.25) is 0 Å². The molecule has 0 amide bonds. The first-order valence-corrected chi connectivity index (χ1v) is 5.38. The third-order valence-corrected chi connectivity index (χ3v) is 2.12. The number of hydrogen-bond donors (Lipinski definition) is 0. The maximum atomic E-state index is 8.54. The molecule has 3 nitrogen and oxygen atoms in total. The van der Waals surface area contributed by atoms with Crippen molar-refractivity contribution in [1.82, 2.24) is 0 Å². The van der Waals surface area contributed by atoms with Crippen LogP contribution in [0, 0.1) is 11.3 Å². The van der Waals surface area contributed by atoms with Crippen molar-refractivity contribution < 1.29 is 9.47 Å². The van der Waals surface area contributed by atoms with Gasteiger partial charge in [0.25, 0.3) is 0 Å². The van der Waals surface area contributed by atoms with Gasteiger partial charge in [0.05, 0.1) is 19.3 Å². The van der Waals surface area contributed by atoms with E-state index in [2.05, 4.69) is 6.07 Å². The molecule has 1 aromatic carbocycles. The van der Waals surface area contributed by atoms with Crippen LogP contribution >= 0.6 is 0 Å². The average Bonchev–Trinajstić information content (AvgIpc) is 2.26. The van der Waals surface area contributed by atoms with Crippen LogP contribution in [0.1, 0.15) is 25.8 Å². The monoisotopic (exact) mass is 219 g/mol. The Hall–Kier alpha value is -1.69. The van der Waals surface area contributed by atoms with Crippen LogP contribution in [0.5, 0.6) is 11.5 Å². The lowest BCUT2D eigenvalue weighted by Gasteiger charge is -2.14. The number of aryl methyl sites for hydroxylation is 1. The van der Waals surface area contributed by atoms with Crippen molar-refractivity contribution in [1.29, 1.82) is 5.26 Å². The summed E-state index contributed by atoms with van der Waals surface area (Å²) in [6, 6.07) is 7.91. The van der Waals surface area contributed by atoms with Gasteiger partial charge in [-0.3, -0.25) is 0 Å². The highest BCUT2D eigenvalue weighted by Crippen LogP contribution is 2.29. The van der Waals surface area contributed by atoms with Crippen LogP contribution in [-0.4, -0.2) is 13.2 Å². The molecular formula is C13H17NO2. The topological polar surface area (TPSA) is 42.2 Å². The van der Waals surface area contributed by atoms with Gasteiger partial charge in [0.1, 0.15) is 0 Å². The minimum Gasteiger partial charge on any atom is -0.493 e. The van der Waals surface area contributed by atoms with Gasteiger partial charge in [0.15, 0.2) is 11.5 Å². The molecule has 0 unspecified atom stereocenters. The summed E-state index contributed by atoms with van der Waals surface area (Å²) in [6.07, 6.45) is 1.38. The van der Waals surface area contributed by atoms with E-state index in [1.165, 1.54) is 0 Å². The zero-order valence-corrected chi connectivity index (χ0v) is 9.99. The van der Waals surface area contributed by atoms with Crippen LogP contribution < -0.4 is 9.47 Å². The number of ether oxygens (including phenoxy) is 2. The molecule has 1 rings (SSSR count). The van der Waals surface area contributed by atoms with Gasteiger partial charge < -0.3 is 9.47 Å². The van der Waals surface area contributed by atoms with Gasteiger partial charge in [-0.15, -0.1) is 0 Å². The Morgan fingerprint density at radius 2 is 2.06 bits per heavy atom. The predicted molar refractivity (Wildman–Crippen MR) is 62.7 cm³/mol. The SMILES string of the molecule is COc1ccc(CCC#N)cc1OC(C)C. The fourth-order valence-electron chi connectivity index (χ4n) is 1.42. The van der Waals surface area contributed by atoms with Gasteiger partial charge in [0, 0.05) is 6.42 Å². The van der Waals surface area contributed by atoms with Crippen molar-refractivity contribution in [3.63, 3.8) is 0 Å². The summed E-state index contributed by atoms with van der Waals surface area (Å²) >= 11 is 0. The molecule has 0 saturated carbocycles. The Morgan fingerprint density at radius 1 is 1.31 bits per heavy atom. The van der Waals surface area contributed by atoms with Crippen molar-refractivity contribution in [2.24, 2.45) is 0 Å². The highest BCUT2D eigenvalue weighted by Gasteiger charge is 2.07. The Labute approximate surface area is 96.6 Å². The maximum Gasteiger partial charge on any atom is 0.161 e. The molecule has 16 heavy (non-hydrogen) atoms. The fraction of sp³-hybridized carbons (Fsp3) is 0.462. The zero-order valence-electron chi connectivity index (χ0n) is 9.99. The van der Waals surface area contributed by atoms with Crippen LogP contribution in [0.3, 0.4) is 0 Å². The summed E-state index contributed by atoms with van der Waals surface area (Å²) in [4.78, 5) is 0. The lowest BCUT2D eigenvalue weighted by Crippen LogP contribution is -2.07. The Bertz CT molecular complexity index is 380. The maximum absolute atomic E-state index is 8.54. The lowest BCUT2D eigenvalue weighted by atomic mass is 10.1. The van der Waals surface area contributed by atoms with Crippen LogP contribution in [0.2, 0.25) is 0 Å². The Kier molecular flexibility index (Phi) is 4.65. The highest BCUT2D eigenvalue weighted by atomic mass is 16.5. The van der Waals surface area contributed by atoms with Crippen molar-refractivity contribution in [2.45, 2.75) is 32.8 Å². The summed E-state index contributed by atoms with van der Waals surface area (Å²) in [7, 11) is 1.62. The van der Waals surface area contributed by atoms with Crippen molar-refractivity contribution in [2.75, 3.05) is 7.11 Å². The third-order valence-electron chi connectivity index (χ3n) is 2.12. The second-order valence-corrected chi connectivity index (χ2v) is 3.81. The largest absolute Gasteiger partial charge is 0.493 e. The summed E-state index contributed by atoms with van der Waals surface area (Å²) in [5, 5.41) is 8.54. The number of nitrogens with zero attached hydrogens (tertiary/aromatic N) is 1. The molecule has 3 heteroatoms. The number of hydrogen-bond acceptors (Lipinski definition) is 3. The molecule has 0 heterocycles. The molecular weight excluding hydrogens is 202 g/mol.